The van der Waals surface area contributed by atoms with Crippen molar-refractivity contribution in [3.8, 4) is 0 Å². The van der Waals surface area contributed by atoms with Gasteiger partial charge in [-0.15, -0.1) is 0 Å². The van der Waals surface area contributed by atoms with E-state index < -0.39 is 5.97 Å². The zero-order chi connectivity index (χ0) is 12.1. The van der Waals surface area contributed by atoms with E-state index in [2.05, 4.69) is 19.2 Å². The van der Waals surface area contributed by atoms with E-state index in [1.165, 1.54) is 0 Å². The Bertz CT molecular complexity index is 372. The fourth-order valence-electron chi connectivity index (χ4n) is 1.57. The summed E-state index contributed by atoms with van der Waals surface area (Å²) in [5.41, 5.74) is 2.07. The fourth-order valence-corrected chi connectivity index (χ4v) is 1.57. The molecule has 1 aromatic rings. The van der Waals surface area contributed by atoms with Gasteiger partial charge in [0, 0.05) is 6.54 Å². The van der Waals surface area contributed by atoms with E-state index >= 15 is 0 Å². The summed E-state index contributed by atoms with van der Waals surface area (Å²) in [6, 6.07) is 5.32. The van der Waals surface area contributed by atoms with Crippen LogP contribution in [0.1, 0.15) is 36.2 Å². The number of aryl methyl sites for hydroxylation is 1. The highest BCUT2D eigenvalue weighted by Gasteiger charge is 2.11. The summed E-state index contributed by atoms with van der Waals surface area (Å²) in [7, 11) is 0. The average molecular weight is 221 g/mol. The van der Waals surface area contributed by atoms with Crippen molar-refractivity contribution in [2.75, 3.05) is 11.9 Å². The highest BCUT2D eigenvalue weighted by atomic mass is 16.4. The maximum Gasteiger partial charge on any atom is 0.337 e. The third-order valence-corrected chi connectivity index (χ3v) is 2.53. The molecular weight excluding hydrogens is 202 g/mol. The number of aromatic carboxylic acids is 1. The van der Waals surface area contributed by atoms with Crippen LogP contribution >= 0.6 is 0 Å². The highest BCUT2D eigenvalue weighted by molar-refractivity contribution is 5.95. The molecule has 1 aromatic carbocycles. The SMILES string of the molecule is Cc1cccc(C(=O)O)c1NCCC(C)C. The van der Waals surface area contributed by atoms with Crippen LogP contribution in [-0.2, 0) is 0 Å². The Morgan fingerprint density at radius 2 is 2.12 bits per heavy atom. The zero-order valence-corrected chi connectivity index (χ0v) is 10.1. The number of rotatable bonds is 5. The van der Waals surface area contributed by atoms with Gasteiger partial charge in [0.2, 0.25) is 0 Å². The molecule has 0 saturated carbocycles. The van der Waals surface area contributed by atoms with Crippen molar-refractivity contribution >= 4 is 11.7 Å². The number of carboxylic acid groups (broad SMARTS) is 1. The highest BCUT2D eigenvalue weighted by Crippen LogP contribution is 2.20. The molecule has 2 N–H and O–H groups in total. The van der Waals surface area contributed by atoms with Crippen LogP contribution in [0.3, 0.4) is 0 Å². The molecule has 0 spiro atoms. The summed E-state index contributed by atoms with van der Waals surface area (Å²) in [5, 5.41) is 12.3. The number of anilines is 1. The number of benzene rings is 1. The first-order valence-electron chi connectivity index (χ1n) is 5.59. The predicted molar refractivity (Wildman–Crippen MR) is 66.1 cm³/mol. The molecule has 0 aliphatic heterocycles. The molecule has 16 heavy (non-hydrogen) atoms. The second kappa shape index (κ2) is 5.54. The summed E-state index contributed by atoms with van der Waals surface area (Å²) >= 11 is 0. The topological polar surface area (TPSA) is 49.3 Å². The maximum atomic E-state index is 11.0. The van der Waals surface area contributed by atoms with Crippen LogP contribution in [-0.4, -0.2) is 17.6 Å². The molecule has 0 aliphatic carbocycles. The van der Waals surface area contributed by atoms with Gasteiger partial charge in [0.15, 0.2) is 0 Å². The third kappa shape index (κ3) is 3.26. The summed E-state index contributed by atoms with van der Waals surface area (Å²) in [4.78, 5) is 11.0. The lowest BCUT2D eigenvalue weighted by Gasteiger charge is -2.13. The van der Waals surface area contributed by atoms with Crippen LogP contribution in [0.5, 0.6) is 0 Å². The van der Waals surface area contributed by atoms with E-state index in [0.29, 0.717) is 11.5 Å². The van der Waals surface area contributed by atoms with E-state index in [1.54, 1.807) is 12.1 Å². The predicted octanol–water partition coefficient (Wildman–Crippen LogP) is 3.15. The number of hydrogen-bond donors (Lipinski definition) is 2. The Morgan fingerprint density at radius 3 is 2.69 bits per heavy atom. The molecule has 1 rings (SSSR count). The number of nitrogens with one attached hydrogen (secondary N) is 1. The minimum Gasteiger partial charge on any atom is -0.478 e. The van der Waals surface area contributed by atoms with Crippen molar-refractivity contribution in [3.63, 3.8) is 0 Å². The molecule has 0 heterocycles. The van der Waals surface area contributed by atoms with E-state index in [0.717, 1.165) is 24.2 Å². The Balaban J connectivity index is 2.80. The monoisotopic (exact) mass is 221 g/mol. The summed E-state index contributed by atoms with van der Waals surface area (Å²) in [5.74, 6) is -0.263. The molecule has 0 saturated heterocycles. The van der Waals surface area contributed by atoms with E-state index in [9.17, 15) is 4.79 Å². The van der Waals surface area contributed by atoms with Gasteiger partial charge in [-0.2, -0.15) is 0 Å². The fraction of sp³-hybridized carbons (Fsp3) is 0.462. The minimum absolute atomic E-state index is 0.351. The molecule has 88 valence electrons. The van der Waals surface area contributed by atoms with Gasteiger partial charge in [0.05, 0.1) is 11.3 Å². The number of carbonyl (C=O) groups is 1. The van der Waals surface area contributed by atoms with E-state index in [4.69, 9.17) is 5.11 Å². The first-order valence-corrected chi connectivity index (χ1v) is 5.59. The van der Waals surface area contributed by atoms with Gasteiger partial charge in [0.25, 0.3) is 0 Å². The largest absolute Gasteiger partial charge is 0.478 e. The van der Waals surface area contributed by atoms with Crippen LogP contribution in [0, 0.1) is 12.8 Å². The van der Waals surface area contributed by atoms with Gasteiger partial charge in [-0.1, -0.05) is 26.0 Å². The van der Waals surface area contributed by atoms with Crippen LogP contribution < -0.4 is 5.32 Å². The smallest absolute Gasteiger partial charge is 0.337 e. The molecule has 0 bridgehead atoms. The molecule has 0 radical (unpaired) electrons. The normalized spacial score (nSPS) is 10.5. The van der Waals surface area contributed by atoms with Crippen LogP contribution in [0.25, 0.3) is 0 Å². The molecule has 0 amide bonds. The minimum atomic E-state index is -0.879. The lowest BCUT2D eigenvalue weighted by atomic mass is 10.1. The van der Waals surface area contributed by atoms with Gasteiger partial charge in [-0.3, -0.25) is 0 Å². The van der Waals surface area contributed by atoms with Gasteiger partial charge < -0.3 is 10.4 Å². The standard InChI is InChI=1S/C13H19NO2/c1-9(2)7-8-14-12-10(3)5-4-6-11(12)13(15)16/h4-6,9,14H,7-8H2,1-3H3,(H,15,16). The molecule has 0 aromatic heterocycles. The number of carboxylic acids is 1. The summed E-state index contributed by atoms with van der Waals surface area (Å²) in [6.45, 7) is 7.03. The molecule has 0 atom stereocenters. The van der Waals surface area contributed by atoms with Crippen molar-refractivity contribution in [2.45, 2.75) is 27.2 Å². The van der Waals surface area contributed by atoms with Crippen molar-refractivity contribution in [1.29, 1.82) is 0 Å². The number of hydrogen-bond acceptors (Lipinski definition) is 2. The van der Waals surface area contributed by atoms with Crippen molar-refractivity contribution in [1.82, 2.24) is 0 Å². The zero-order valence-electron chi connectivity index (χ0n) is 10.1. The van der Waals surface area contributed by atoms with Crippen molar-refractivity contribution in [2.24, 2.45) is 5.92 Å². The third-order valence-electron chi connectivity index (χ3n) is 2.53. The summed E-state index contributed by atoms with van der Waals surface area (Å²) in [6.07, 6.45) is 1.04. The lowest BCUT2D eigenvalue weighted by molar-refractivity contribution is 0.0698. The van der Waals surface area contributed by atoms with Crippen LogP contribution in [0.4, 0.5) is 5.69 Å². The summed E-state index contributed by atoms with van der Waals surface area (Å²) < 4.78 is 0. The van der Waals surface area contributed by atoms with E-state index in [-0.39, 0.29) is 0 Å². The van der Waals surface area contributed by atoms with Crippen LogP contribution in [0.2, 0.25) is 0 Å². The Kier molecular flexibility index (Phi) is 4.35. The van der Waals surface area contributed by atoms with Crippen molar-refractivity contribution < 1.29 is 9.90 Å². The molecule has 0 fully saturated rings. The van der Waals surface area contributed by atoms with Gasteiger partial charge in [-0.05, 0) is 30.9 Å². The van der Waals surface area contributed by atoms with Crippen molar-refractivity contribution in [3.05, 3.63) is 29.3 Å². The molecular formula is C13H19NO2. The molecule has 0 aliphatic rings. The second-order valence-electron chi connectivity index (χ2n) is 4.41. The Morgan fingerprint density at radius 1 is 1.44 bits per heavy atom. The van der Waals surface area contributed by atoms with Crippen LogP contribution in [0.15, 0.2) is 18.2 Å². The Labute approximate surface area is 96.5 Å². The molecule has 0 unspecified atom stereocenters. The second-order valence-corrected chi connectivity index (χ2v) is 4.41. The van der Waals surface area contributed by atoms with Gasteiger partial charge in [-0.25, -0.2) is 4.79 Å². The lowest BCUT2D eigenvalue weighted by Crippen LogP contribution is -2.10. The molecule has 3 heteroatoms. The quantitative estimate of drug-likeness (QED) is 0.803. The maximum absolute atomic E-state index is 11.0. The molecule has 3 nitrogen and oxygen atoms in total. The average Bonchev–Trinajstić information content (AvgIpc) is 2.19. The number of para-hydroxylation sites is 1. The Hall–Kier alpha value is -1.51. The first-order chi connectivity index (χ1) is 7.52. The van der Waals surface area contributed by atoms with Gasteiger partial charge in [0.1, 0.15) is 0 Å². The van der Waals surface area contributed by atoms with Gasteiger partial charge >= 0.3 is 5.97 Å². The first kappa shape index (κ1) is 12.6. The van der Waals surface area contributed by atoms with E-state index in [1.807, 2.05) is 13.0 Å².